The molecule has 0 aliphatic heterocycles. The third-order valence-electron chi connectivity index (χ3n) is 0.931. The van der Waals surface area contributed by atoms with Gasteiger partial charge in [0.25, 0.3) is 0 Å². The lowest BCUT2D eigenvalue weighted by Gasteiger charge is -1.96. The molecule has 0 saturated heterocycles. The highest BCUT2D eigenvalue weighted by molar-refractivity contribution is 7.93. The third-order valence-corrected chi connectivity index (χ3v) is 2.37. The summed E-state index contributed by atoms with van der Waals surface area (Å²) in [6, 6.07) is 1.55. The fraction of sp³-hybridized carbons (Fsp3) is 0.400. The summed E-state index contributed by atoms with van der Waals surface area (Å²) in [6.45, 7) is 1.49. The monoisotopic (exact) mass is 160 g/mol. The molecule has 0 bridgehead atoms. The molecule has 0 spiro atoms. The van der Waals surface area contributed by atoms with Gasteiger partial charge in [0.1, 0.15) is 6.07 Å². The van der Waals surface area contributed by atoms with E-state index >= 15 is 0 Å². The fourth-order valence-electron chi connectivity index (χ4n) is 0.390. The Labute approximate surface area is 60.2 Å². The van der Waals surface area contributed by atoms with Crippen molar-refractivity contribution in [1.29, 1.82) is 5.26 Å². The van der Waals surface area contributed by atoms with Gasteiger partial charge < -0.3 is 0 Å². The van der Waals surface area contributed by atoms with Crippen molar-refractivity contribution < 1.29 is 8.42 Å². The maximum atomic E-state index is 10.8. The van der Waals surface area contributed by atoms with Gasteiger partial charge in [-0.05, 0) is 14.0 Å². The second-order valence-corrected chi connectivity index (χ2v) is 3.33. The molecule has 0 rings (SSSR count). The molecular weight excluding hydrogens is 152 g/mol. The van der Waals surface area contributed by atoms with Crippen LogP contribution in [0, 0.1) is 11.3 Å². The molecule has 0 fully saturated rings. The molecule has 56 valence electrons. The molecule has 0 saturated carbocycles. The maximum Gasteiger partial charge on any atom is 0.250 e. The van der Waals surface area contributed by atoms with Gasteiger partial charge in [-0.2, -0.15) is 5.26 Å². The van der Waals surface area contributed by atoms with Crippen LogP contribution in [-0.4, -0.2) is 15.5 Å². The molecule has 10 heavy (non-hydrogen) atoms. The minimum Gasteiger partial charge on any atom is -0.214 e. The number of hydrogen-bond acceptors (Lipinski definition) is 3. The van der Waals surface area contributed by atoms with Crippen LogP contribution >= 0.6 is 0 Å². The first-order chi connectivity index (χ1) is 4.58. The molecule has 0 aliphatic rings. The van der Waals surface area contributed by atoms with Gasteiger partial charge in [0.15, 0.2) is 4.91 Å². The molecule has 4 nitrogen and oxygen atoms in total. The number of hydrogen-bond donors (Lipinski definition) is 1. The zero-order valence-corrected chi connectivity index (χ0v) is 6.57. The predicted octanol–water partition coefficient (Wildman–Crippen LogP) is -0.0370. The Morgan fingerprint density at radius 1 is 1.70 bits per heavy atom. The number of rotatable bonds is 2. The van der Waals surface area contributed by atoms with Gasteiger partial charge in [-0.15, -0.1) is 0 Å². The first kappa shape index (κ1) is 9.14. The molecule has 0 aromatic rings. The lowest BCUT2D eigenvalue weighted by molar-refractivity contribution is 0.595. The zero-order valence-electron chi connectivity index (χ0n) is 5.75. The van der Waals surface area contributed by atoms with Crippen LogP contribution in [0.15, 0.2) is 11.0 Å². The molecule has 0 radical (unpaired) electrons. The van der Waals surface area contributed by atoms with E-state index in [9.17, 15) is 8.42 Å². The van der Waals surface area contributed by atoms with Crippen LogP contribution in [-0.2, 0) is 10.0 Å². The molecule has 0 atom stereocenters. The summed E-state index contributed by atoms with van der Waals surface area (Å²) in [7, 11) is -2.25. The van der Waals surface area contributed by atoms with E-state index in [1.165, 1.54) is 20.0 Å². The van der Waals surface area contributed by atoms with Gasteiger partial charge in [-0.3, -0.25) is 0 Å². The molecule has 1 N–H and O–H groups in total. The minimum absolute atomic E-state index is 0.255. The van der Waals surface area contributed by atoms with Gasteiger partial charge in [-0.1, -0.05) is 6.08 Å². The normalized spacial score (nSPS) is 12.7. The number of allylic oxidation sites excluding steroid dienone is 2. The van der Waals surface area contributed by atoms with Gasteiger partial charge >= 0.3 is 0 Å². The number of nitriles is 1. The molecule has 0 amide bonds. The Kier molecular flexibility index (Phi) is 3.06. The summed E-state index contributed by atoms with van der Waals surface area (Å²) in [4.78, 5) is -0.255. The van der Waals surface area contributed by atoms with E-state index in [0.29, 0.717) is 0 Å². The van der Waals surface area contributed by atoms with E-state index in [1.54, 1.807) is 6.07 Å². The molecule has 0 heterocycles. The van der Waals surface area contributed by atoms with Crippen LogP contribution < -0.4 is 4.72 Å². The average molecular weight is 160 g/mol. The molecule has 0 aliphatic carbocycles. The van der Waals surface area contributed by atoms with E-state index < -0.39 is 10.0 Å². The summed E-state index contributed by atoms with van der Waals surface area (Å²) in [6.07, 6.45) is 1.24. The van der Waals surface area contributed by atoms with Crippen LogP contribution in [0.4, 0.5) is 0 Å². The summed E-state index contributed by atoms with van der Waals surface area (Å²) < 4.78 is 23.5. The number of sulfonamides is 1. The van der Waals surface area contributed by atoms with Crippen molar-refractivity contribution in [2.24, 2.45) is 0 Å². The van der Waals surface area contributed by atoms with Crippen LogP contribution in [0.5, 0.6) is 0 Å². The van der Waals surface area contributed by atoms with Gasteiger partial charge in [0.2, 0.25) is 10.0 Å². The topological polar surface area (TPSA) is 70.0 Å². The van der Waals surface area contributed by atoms with Gasteiger partial charge in [0.05, 0.1) is 0 Å². The van der Waals surface area contributed by atoms with Crippen molar-refractivity contribution in [3.8, 4) is 6.07 Å². The molecule has 0 unspecified atom stereocenters. The van der Waals surface area contributed by atoms with Crippen molar-refractivity contribution in [3.63, 3.8) is 0 Å². The summed E-state index contributed by atoms with van der Waals surface area (Å²) >= 11 is 0. The van der Waals surface area contributed by atoms with Crippen molar-refractivity contribution >= 4 is 10.0 Å². The Morgan fingerprint density at radius 2 is 2.20 bits per heavy atom. The highest BCUT2D eigenvalue weighted by atomic mass is 32.2. The first-order valence-electron chi connectivity index (χ1n) is 2.58. The highest BCUT2D eigenvalue weighted by Gasteiger charge is 2.12. The fourth-order valence-corrected chi connectivity index (χ4v) is 1.04. The van der Waals surface area contributed by atoms with Crippen LogP contribution in [0.1, 0.15) is 6.92 Å². The summed E-state index contributed by atoms with van der Waals surface area (Å²) in [5, 5.41) is 8.26. The molecule has 0 aromatic carbocycles. The summed E-state index contributed by atoms with van der Waals surface area (Å²) in [5.41, 5.74) is 0. The Hall–Kier alpha value is -0.860. The van der Waals surface area contributed by atoms with E-state index in [0.717, 1.165) is 0 Å². The van der Waals surface area contributed by atoms with Crippen LogP contribution in [0.25, 0.3) is 0 Å². The lowest BCUT2D eigenvalue weighted by Crippen LogP contribution is -2.19. The zero-order chi connectivity index (χ0) is 8.20. The third kappa shape index (κ3) is 1.83. The Morgan fingerprint density at radius 3 is 2.30 bits per heavy atom. The standard InChI is InChI=1S/C5H8N2O2S/c1-3-5(4-6)10(8,9)7-2/h3,7H,1-2H3/b5-3+. The SMILES string of the molecule is C/C=C(\C#N)S(=O)(=O)NC. The van der Waals surface area contributed by atoms with Crippen molar-refractivity contribution in [2.45, 2.75) is 6.92 Å². The molecule has 0 aromatic heterocycles. The van der Waals surface area contributed by atoms with E-state index in [2.05, 4.69) is 0 Å². The second kappa shape index (κ2) is 3.34. The number of nitrogens with zero attached hydrogens (tertiary/aromatic N) is 1. The van der Waals surface area contributed by atoms with E-state index in [-0.39, 0.29) is 4.91 Å². The molecule has 5 heteroatoms. The van der Waals surface area contributed by atoms with Gasteiger partial charge in [0, 0.05) is 0 Å². The molecular formula is C5H8N2O2S. The van der Waals surface area contributed by atoms with Crippen molar-refractivity contribution in [2.75, 3.05) is 7.05 Å². The second-order valence-electron chi connectivity index (χ2n) is 1.47. The Balaban J connectivity index is 4.87. The smallest absolute Gasteiger partial charge is 0.214 e. The van der Waals surface area contributed by atoms with Crippen LogP contribution in [0.2, 0.25) is 0 Å². The Bertz CT molecular complexity index is 271. The highest BCUT2D eigenvalue weighted by Crippen LogP contribution is 1.99. The lowest BCUT2D eigenvalue weighted by atomic mass is 10.6. The average Bonchev–Trinajstić information content (AvgIpc) is 1.90. The number of nitrogens with one attached hydrogen (secondary N) is 1. The summed E-state index contributed by atoms with van der Waals surface area (Å²) in [5.74, 6) is 0. The van der Waals surface area contributed by atoms with E-state index in [4.69, 9.17) is 5.26 Å². The minimum atomic E-state index is -3.51. The maximum absolute atomic E-state index is 10.8. The predicted molar refractivity (Wildman–Crippen MR) is 37.3 cm³/mol. The largest absolute Gasteiger partial charge is 0.250 e. The van der Waals surface area contributed by atoms with E-state index in [1.807, 2.05) is 4.72 Å². The van der Waals surface area contributed by atoms with Gasteiger partial charge in [-0.25, -0.2) is 13.1 Å². The van der Waals surface area contributed by atoms with Crippen LogP contribution in [0.3, 0.4) is 0 Å². The quantitative estimate of drug-likeness (QED) is 0.576. The first-order valence-corrected chi connectivity index (χ1v) is 4.06. The van der Waals surface area contributed by atoms with Crippen molar-refractivity contribution in [1.82, 2.24) is 4.72 Å². The van der Waals surface area contributed by atoms with Crippen molar-refractivity contribution in [3.05, 3.63) is 11.0 Å².